The van der Waals surface area contributed by atoms with Gasteiger partial charge in [-0.05, 0) is 54.2 Å². The fourth-order valence-corrected chi connectivity index (χ4v) is 6.96. The van der Waals surface area contributed by atoms with E-state index in [0.29, 0.717) is 26.3 Å². The lowest BCUT2D eigenvalue weighted by Gasteiger charge is -2.44. The van der Waals surface area contributed by atoms with Crippen molar-refractivity contribution in [3.05, 3.63) is 53.6 Å². The molecular formula is C26H32N2O5S. The largest absolute Gasteiger partial charge is 0.486 e. The number of carbonyl (C=O) groups excluding carboxylic acids is 1. The number of amides is 1. The zero-order valence-corrected chi connectivity index (χ0v) is 20.6. The van der Waals surface area contributed by atoms with Gasteiger partial charge in [0.05, 0.1) is 4.90 Å². The van der Waals surface area contributed by atoms with Crippen molar-refractivity contribution in [1.82, 2.24) is 9.62 Å². The van der Waals surface area contributed by atoms with E-state index in [1.165, 1.54) is 5.56 Å². The van der Waals surface area contributed by atoms with Crippen molar-refractivity contribution < 1.29 is 22.7 Å². The Morgan fingerprint density at radius 2 is 1.68 bits per heavy atom. The molecule has 34 heavy (non-hydrogen) atoms. The molecule has 2 aliphatic heterocycles. The molecule has 1 N–H and O–H groups in total. The minimum Gasteiger partial charge on any atom is -0.486 e. The first-order valence-corrected chi connectivity index (χ1v) is 13.6. The maximum atomic E-state index is 13.8. The summed E-state index contributed by atoms with van der Waals surface area (Å²) in [4.78, 5) is 15.8. The highest BCUT2D eigenvalue weighted by molar-refractivity contribution is 7.89. The lowest BCUT2D eigenvalue weighted by molar-refractivity contribution is -0.136. The predicted molar refractivity (Wildman–Crippen MR) is 128 cm³/mol. The van der Waals surface area contributed by atoms with Gasteiger partial charge in [-0.3, -0.25) is 4.79 Å². The van der Waals surface area contributed by atoms with Gasteiger partial charge in [0, 0.05) is 18.5 Å². The summed E-state index contributed by atoms with van der Waals surface area (Å²) >= 11 is 0. The molecule has 0 bridgehead atoms. The maximum Gasteiger partial charge on any atom is 0.241 e. The molecule has 0 radical (unpaired) electrons. The first-order valence-electron chi connectivity index (χ1n) is 12.1. The van der Waals surface area contributed by atoms with Crippen LogP contribution >= 0.6 is 0 Å². The van der Waals surface area contributed by atoms with Gasteiger partial charge in [0.2, 0.25) is 15.9 Å². The first-order chi connectivity index (χ1) is 16.3. The van der Waals surface area contributed by atoms with Crippen LogP contribution in [0.5, 0.6) is 11.5 Å². The molecule has 1 aliphatic carbocycles. The van der Waals surface area contributed by atoms with Gasteiger partial charge >= 0.3 is 0 Å². The highest BCUT2D eigenvalue weighted by Crippen LogP contribution is 2.49. The Morgan fingerprint density at radius 1 is 1.03 bits per heavy atom. The average molecular weight is 485 g/mol. The number of benzene rings is 2. The number of nitrogens with one attached hydrogen (secondary N) is 1. The lowest BCUT2D eigenvalue weighted by Crippen LogP contribution is -2.55. The molecule has 0 saturated heterocycles. The summed E-state index contributed by atoms with van der Waals surface area (Å²) in [6, 6.07) is 11.5. The second kappa shape index (κ2) is 8.89. The number of hydrogen-bond donors (Lipinski definition) is 1. The molecule has 182 valence electrons. The van der Waals surface area contributed by atoms with Crippen LogP contribution in [0.1, 0.15) is 50.7 Å². The van der Waals surface area contributed by atoms with Crippen LogP contribution in [0.2, 0.25) is 0 Å². The number of hydrogen-bond acceptors (Lipinski definition) is 5. The van der Waals surface area contributed by atoms with Crippen LogP contribution in [-0.4, -0.2) is 45.0 Å². The van der Waals surface area contributed by atoms with Crippen LogP contribution in [0.3, 0.4) is 0 Å². The molecule has 1 fully saturated rings. The van der Waals surface area contributed by atoms with Crippen LogP contribution in [0.15, 0.2) is 47.4 Å². The van der Waals surface area contributed by atoms with Crippen molar-refractivity contribution in [2.75, 3.05) is 19.8 Å². The molecule has 2 aromatic rings. The Labute approximate surface area is 201 Å². The summed E-state index contributed by atoms with van der Waals surface area (Å²) in [5, 5.41) is 0. The minimum absolute atomic E-state index is 0.126. The fraction of sp³-hybridized carbons (Fsp3) is 0.500. The molecule has 1 spiro atoms. The number of nitrogens with zero attached hydrogens (tertiary/aromatic N) is 1. The summed E-state index contributed by atoms with van der Waals surface area (Å²) in [5.41, 5.74) is 2.20. The van der Waals surface area contributed by atoms with Crippen molar-refractivity contribution >= 4 is 15.9 Å². The van der Waals surface area contributed by atoms with E-state index >= 15 is 0 Å². The van der Waals surface area contributed by atoms with Gasteiger partial charge in [0.15, 0.2) is 11.5 Å². The van der Waals surface area contributed by atoms with E-state index in [1.807, 2.05) is 24.8 Å². The van der Waals surface area contributed by atoms with E-state index in [0.717, 1.165) is 42.7 Å². The molecule has 2 aromatic carbocycles. The zero-order valence-electron chi connectivity index (χ0n) is 19.7. The molecule has 1 atom stereocenters. The highest BCUT2D eigenvalue weighted by atomic mass is 32.2. The summed E-state index contributed by atoms with van der Waals surface area (Å²) in [6.07, 6.45) is 4.24. The van der Waals surface area contributed by atoms with Crippen LogP contribution in [-0.2, 0) is 26.8 Å². The van der Waals surface area contributed by atoms with Crippen LogP contribution in [0, 0.1) is 5.92 Å². The van der Waals surface area contributed by atoms with Crippen LogP contribution in [0.4, 0.5) is 0 Å². The van der Waals surface area contributed by atoms with Gasteiger partial charge in [0.25, 0.3) is 0 Å². The number of carbonyl (C=O) groups is 1. The van der Waals surface area contributed by atoms with E-state index in [4.69, 9.17) is 9.47 Å². The standard InChI is InChI=1S/C26H32N2O5S/c1-18(2)24(27-34(30,31)20-8-4-3-5-9-20)25(29)28-16-19-14-22-23(33-13-12-32-22)15-21(19)26(17-28)10-6-7-11-26/h3-5,8-9,14-15,18,24,27H,6-7,10-13,16-17H2,1-2H3/t24-/m0/s1. The average Bonchev–Trinajstić information content (AvgIpc) is 3.30. The van der Waals surface area contributed by atoms with Crippen molar-refractivity contribution in [1.29, 1.82) is 0 Å². The first kappa shape index (κ1) is 23.2. The maximum absolute atomic E-state index is 13.8. The Balaban J connectivity index is 1.46. The molecule has 3 aliphatic rings. The summed E-state index contributed by atoms with van der Waals surface area (Å²) < 4.78 is 40.4. The SMILES string of the molecule is CC(C)[C@H](NS(=O)(=O)c1ccccc1)C(=O)N1Cc2cc3c(cc2C2(CCCC2)C1)OCCO3. The molecule has 7 nitrogen and oxygen atoms in total. The lowest BCUT2D eigenvalue weighted by atomic mass is 9.73. The molecule has 1 amide bonds. The van der Waals surface area contributed by atoms with E-state index in [9.17, 15) is 13.2 Å². The third kappa shape index (κ3) is 4.18. The molecule has 8 heteroatoms. The van der Waals surface area contributed by atoms with Gasteiger partial charge in [0.1, 0.15) is 19.3 Å². The van der Waals surface area contributed by atoms with Crippen molar-refractivity contribution in [3.8, 4) is 11.5 Å². The zero-order chi connectivity index (χ0) is 23.9. The van der Waals surface area contributed by atoms with Crippen molar-refractivity contribution in [3.63, 3.8) is 0 Å². The predicted octanol–water partition coefficient (Wildman–Crippen LogP) is 3.61. The van der Waals surface area contributed by atoms with E-state index < -0.39 is 16.1 Å². The van der Waals surface area contributed by atoms with Gasteiger partial charge in [-0.2, -0.15) is 4.72 Å². The van der Waals surface area contributed by atoms with E-state index in [2.05, 4.69) is 10.8 Å². The van der Waals surface area contributed by atoms with Crippen LogP contribution in [0.25, 0.3) is 0 Å². The summed E-state index contributed by atoms with van der Waals surface area (Å²) in [6.45, 7) is 5.83. The number of sulfonamides is 1. The second-order valence-corrected chi connectivity index (χ2v) is 11.7. The molecule has 1 saturated carbocycles. The second-order valence-electron chi connectivity index (χ2n) is 9.99. The quantitative estimate of drug-likeness (QED) is 0.701. The monoisotopic (exact) mass is 484 g/mol. The number of rotatable bonds is 5. The van der Waals surface area contributed by atoms with Gasteiger partial charge < -0.3 is 14.4 Å². The smallest absolute Gasteiger partial charge is 0.241 e. The third-order valence-electron chi connectivity index (χ3n) is 7.33. The van der Waals surface area contributed by atoms with Crippen molar-refractivity contribution in [2.45, 2.75) is 62.4 Å². The van der Waals surface area contributed by atoms with Gasteiger partial charge in [-0.1, -0.05) is 44.9 Å². The van der Waals surface area contributed by atoms with E-state index in [1.54, 1.807) is 30.3 Å². The summed E-state index contributed by atoms with van der Waals surface area (Å²) in [7, 11) is -3.82. The molecular weight excluding hydrogens is 452 g/mol. The highest BCUT2D eigenvalue weighted by Gasteiger charge is 2.45. The Hall–Kier alpha value is -2.58. The summed E-state index contributed by atoms with van der Waals surface area (Å²) in [5.74, 6) is 1.12. The molecule has 0 unspecified atom stereocenters. The minimum atomic E-state index is -3.82. The number of fused-ring (bicyclic) bond motifs is 3. The topological polar surface area (TPSA) is 84.9 Å². The Bertz CT molecular complexity index is 1170. The molecule has 2 heterocycles. The normalized spacial score (nSPS) is 19.8. The molecule has 5 rings (SSSR count). The van der Waals surface area contributed by atoms with Gasteiger partial charge in [-0.15, -0.1) is 0 Å². The van der Waals surface area contributed by atoms with Crippen molar-refractivity contribution in [2.24, 2.45) is 5.92 Å². The third-order valence-corrected chi connectivity index (χ3v) is 8.79. The van der Waals surface area contributed by atoms with Gasteiger partial charge in [-0.25, -0.2) is 8.42 Å². The molecule has 0 aromatic heterocycles. The number of ether oxygens (including phenoxy) is 2. The van der Waals surface area contributed by atoms with E-state index in [-0.39, 0.29) is 22.1 Å². The fourth-order valence-electron chi connectivity index (χ4n) is 5.61. The Kier molecular flexibility index (Phi) is 6.06. The Morgan fingerprint density at radius 3 is 2.32 bits per heavy atom. The van der Waals surface area contributed by atoms with Crippen LogP contribution < -0.4 is 14.2 Å².